The lowest BCUT2D eigenvalue weighted by molar-refractivity contribution is 0.475. The Bertz CT molecular complexity index is 542. The topological polar surface area (TPSA) is 32.3 Å². The Kier molecular flexibility index (Phi) is 4.93. The molecule has 19 heavy (non-hydrogen) atoms. The van der Waals surface area contributed by atoms with Crippen molar-refractivity contribution in [2.24, 2.45) is 0 Å². The van der Waals surface area contributed by atoms with Crippen LogP contribution in [0.4, 0.5) is 4.39 Å². The van der Waals surface area contributed by atoms with Crippen LogP contribution in [0.2, 0.25) is 0 Å². The molecule has 0 spiro atoms. The van der Waals surface area contributed by atoms with Gasteiger partial charge in [-0.2, -0.15) is 0 Å². The second kappa shape index (κ2) is 6.68. The minimum atomic E-state index is -0.194. The highest BCUT2D eigenvalue weighted by molar-refractivity contribution is 9.10. The Morgan fingerprint density at radius 3 is 2.58 bits per heavy atom. The van der Waals surface area contributed by atoms with Crippen LogP contribution in [0.1, 0.15) is 11.1 Å². The van der Waals surface area contributed by atoms with E-state index in [0.717, 1.165) is 23.0 Å². The molecular formula is C15H15BrFNO. The van der Waals surface area contributed by atoms with Gasteiger partial charge >= 0.3 is 0 Å². The standard InChI is InChI=1S/C15H15BrFNO/c16-13-3-6-15(17)12(9-13)10-18-8-7-11-1-4-14(19)5-2-11/h1-6,9,18-19H,7-8,10H2. The zero-order valence-electron chi connectivity index (χ0n) is 10.4. The summed E-state index contributed by atoms with van der Waals surface area (Å²) in [6, 6.07) is 12.0. The highest BCUT2D eigenvalue weighted by Crippen LogP contribution is 2.15. The molecule has 0 saturated heterocycles. The van der Waals surface area contributed by atoms with E-state index < -0.39 is 0 Å². The van der Waals surface area contributed by atoms with Crippen molar-refractivity contribution in [2.75, 3.05) is 6.54 Å². The number of rotatable bonds is 5. The van der Waals surface area contributed by atoms with Crippen molar-refractivity contribution >= 4 is 15.9 Å². The Morgan fingerprint density at radius 2 is 1.84 bits per heavy atom. The number of aromatic hydroxyl groups is 1. The van der Waals surface area contributed by atoms with E-state index in [4.69, 9.17) is 0 Å². The van der Waals surface area contributed by atoms with E-state index in [9.17, 15) is 9.50 Å². The molecule has 0 saturated carbocycles. The van der Waals surface area contributed by atoms with Gasteiger partial charge in [0, 0.05) is 16.6 Å². The molecule has 0 amide bonds. The highest BCUT2D eigenvalue weighted by atomic mass is 79.9. The van der Waals surface area contributed by atoms with Crippen LogP contribution in [0, 0.1) is 5.82 Å². The predicted molar refractivity (Wildman–Crippen MR) is 77.6 cm³/mol. The summed E-state index contributed by atoms with van der Waals surface area (Å²) in [5.41, 5.74) is 1.79. The van der Waals surface area contributed by atoms with E-state index in [-0.39, 0.29) is 11.6 Å². The first-order valence-corrected chi connectivity index (χ1v) is 6.87. The van der Waals surface area contributed by atoms with E-state index in [0.29, 0.717) is 12.1 Å². The smallest absolute Gasteiger partial charge is 0.127 e. The van der Waals surface area contributed by atoms with Gasteiger partial charge in [-0.15, -0.1) is 0 Å². The van der Waals surface area contributed by atoms with Gasteiger partial charge in [0.05, 0.1) is 0 Å². The largest absolute Gasteiger partial charge is 0.508 e. The fourth-order valence-corrected chi connectivity index (χ4v) is 2.21. The lowest BCUT2D eigenvalue weighted by atomic mass is 10.1. The van der Waals surface area contributed by atoms with E-state index in [1.54, 1.807) is 24.3 Å². The third kappa shape index (κ3) is 4.33. The second-order valence-corrected chi connectivity index (χ2v) is 5.24. The molecule has 0 fully saturated rings. The van der Waals surface area contributed by atoms with E-state index in [2.05, 4.69) is 21.2 Å². The maximum absolute atomic E-state index is 13.5. The lowest BCUT2D eigenvalue weighted by Gasteiger charge is -2.07. The minimum Gasteiger partial charge on any atom is -0.508 e. The van der Waals surface area contributed by atoms with Gasteiger partial charge in [-0.05, 0) is 48.9 Å². The van der Waals surface area contributed by atoms with Crippen LogP contribution in [0.25, 0.3) is 0 Å². The van der Waals surface area contributed by atoms with E-state index in [1.165, 1.54) is 6.07 Å². The maximum atomic E-state index is 13.5. The van der Waals surface area contributed by atoms with E-state index in [1.807, 2.05) is 12.1 Å². The van der Waals surface area contributed by atoms with Gasteiger partial charge in [0.1, 0.15) is 11.6 Å². The SMILES string of the molecule is Oc1ccc(CCNCc2cc(Br)ccc2F)cc1. The van der Waals surface area contributed by atoms with E-state index >= 15 is 0 Å². The van der Waals surface area contributed by atoms with Crippen molar-refractivity contribution in [3.8, 4) is 5.75 Å². The molecule has 0 aliphatic rings. The fourth-order valence-electron chi connectivity index (χ4n) is 1.80. The molecule has 2 aromatic rings. The molecule has 0 aliphatic heterocycles. The number of phenolic OH excluding ortho intramolecular Hbond substituents is 1. The monoisotopic (exact) mass is 323 g/mol. The zero-order valence-corrected chi connectivity index (χ0v) is 12.0. The molecule has 0 aromatic heterocycles. The Labute approximate surface area is 120 Å². The van der Waals surface area contributed by atoms with Crippen LogP contribution in [0.15, 0.2) is 46.9 Å². The normalized spacial score (nSPS) is 10.6. The van der Waals surface area contributed by atoms with Crippen LogP contribution in [0.5, 0.6) is 5.75 Å². The summed E-state index contributed by atoms with van der Waals surface area (Å²) in [6.45, 7) is 1.26. The average Bonchev–Trinajstić information content (AvgIpc) is 2.40. The average molecular weight is 324 g/mol. The Hall–Kier alpha value is -1.39. The molecule has 0 radical (unpaired) electrons. The molecule has 100 valence electrons. The van der Waals surface area contributed by atoms with Crippen LogP contribution in [0.3, 0.4) is 0 Å². The third-order valence-corrected chi connectivity index (χ3v) is 3.34. The number of halogens is 2. The number of hydrogen-bond acceptors (Lipinski definition) is 2. The van der Waals surface area contributed by atoms with Gasteiger partial charge in [0.15, 0.2) is 0 Å². The van der Waals surface area contributed by atoms with Gasteiger partial charge in [0.2, 0.25) is 0 Å². The molecule has 0 atom stereocenters. The lowest BCUT2D eigenvalue weighted by Crippen LogP contribution is -2.17. The quantitative estimate of drug-likeness (QED) is 0.823. The molecular weight excluding hydrogens is 309 g/mol. The Balaban J connectivity index is 1.80. The number of nitrogens with one attached hydrogen (secondary N) is 1. The highest BCUT2D eigenvalue weighted by Gasteiger charge is 2.02. The zero-order chi connectivity index (χ0) is 13.7. The fraction of sp³-hybridized carbons (Fsp3) is 0.200. The predicted octanol–water partition coefficient (Wildman–Crippen LogP) is 3.63. The van der Waals surface area contributed by atoms with Gasteiger partial charge < -0.3 is 10.4 Å². The Morgan fingerprint density at radius 1 is 1.11 bits per heavy atom. The number of benzene rings is 2. The van der Waals surface area contributed by atoms with Crippen LogP contribution >= 0.6 is 15.9 Å². The molecule has 4 heteroatoms. The minimum absolute atomic E-state index is 0.194. The third-order valence-electron chi connectivity index (χ3n) is 2.85. The molecule has 0 bridgehead atoms. The summed E-state index contributed by atoms with van der Waals surface area (Å²) < 4.78 is 14.4. The summed E-state index contributed by atoms with van der Waals surface area (Å²) in [6.07, 6.45) is 0.843. The molecule has 0 aliphatic carbocycles. The molecule has 2 rings (SSSR count). The summed E-state index contributed by atoms with van der Waals surface area (Å²) in [5.74, 6) is 0.0771. The first-order valence-electron chi connectivity index (χ1n) is 6.08. The van der Waals surface area contributed by atoms with Gasteiger partial charge in [-0.1, -0.05) is 28.1 Å². The summed E-state index contributed by atoms with van der Waals surface area (Å²) in [5, 5.41) is 12.4. The first-order chi connectivity index (χ1) is 9.15. The number of phenols is 1. The second-order valence-electron chi connectivity index (χ2n) is 4.33. The van der Waals surface area contributed by atoms with Crippen molar-refractivity contribution in [1.29, 1.82) is 0 Å². The summed E-state index contributed by atoms with van der Waals surface area (Å²) in [4.78, 5) is 0. The van der Waals surface area contributed by atoms with Crippen molar-refractivity contribution < 1.29 is 9.50 Å². The van der Waals surface area contributed by atoms with Crippen molar-refractivity contribution in [3.05, 3.63) is 63.9 Å². The molecule has 2 aromatic carbocycles. The van der Waals surface area contributed by atoms with Crippen molar-refractivity contribution in [3.63, 3.8) is 0 Å². The van der Waals surface area contributed by atoms with Gasteiger partial charge in [-0.3, -0.25) is 0 Å². The van der Waals surface area contributed by atoms with Crippen molar-refractivity contribution in [1.82, 2.24) is 5.32 Å². The molecule has 0 unspecified atom stereocenters. The molecule has 0 heterocycles. The van der Waals surface area contributed by atoms with Crippen LogP contribution in [-0.2, 0) is 13.0 Å². The van der Waals surface area contributed by atoms with Gasteiger partial charge in [0.25, 0.3) is 0 Å². The summed E-state index contributed by atoms with van der Waals surface area (Å²) in [7, 11) is 0. The summed E-state index contributed by atoms with van der Waals surface area (Å²) >= 11 is 3.33. The molecule has 2 N–H and O–H groups in total. The molecule has 2 nitrogen and oxygen atoms in total. The van der Waals surface area contributed by atoms with Crippen molar-refractivity contribution in [2.45, 2.75) is 13.0 Å². The van der Waals surface area contributed by atoms with Crippen LogP contribution in [-0.4, -0.2) is 11.7 Å². The first kappa shape index (κ1) is 14.0. The maximum Gasteiger partial charge on any atom is 0.127 e. The van der Waals surface area contributed by atoms with Crippen LogP contribution < -0.4 is 5.32 Å². The van der Waals surface area contributed by atoms with Gasteiger partial charge in [-0.25, -0.2) is 4.39 Å². The number of hydrogen-bond donors (Lipinski definition) is 2.